The van der Waals surface area contributed by atoms with Crippen molar-refractivity contribution in [2.24, 2.45) is 11.3 Å². The van der Waals surface area contributed by atoms with Crippen LogP contribution in [0.2, 0.25) is 5.15 Å². The summed E-state index contributed by atoms with van der Waals surface area (Å²) in [7, 11) is -3.95. The molecule has 1 fully saturated rings. The van der Waals surface area contributed by atoms with Crippen molar-refractivity contribution < 1.29 is 30.8 Å². The molecule has 38 heavy (non-hydrogen) atoms. The minimum Gasteiger partial charge on any atom is -0.351 e. The Morgan fingerprint density at radius 1 is 1.21 bits per heavy atom. The van der Waals surface area contributed by atoms with E-state index in [-0.39, 0.29) is 34.6 Å². The quantitative estimate of drug-likeness (QED) is 0.304. The van der Waals surface area contributed by atoms with Crippen LogP contribution in [0.25, 0.3) is 5.69 Å². The number of pyridine rings is 1. The molecule has 1 N–H and O–H groups in total. The van der Waals surface area contributed by atoms with E-state index in [1.165, 1.54) is 29.1 Å². The molecule has 2 atom stereocenters. The Bertz CT molecular complexity index is 1420. The van der Waals surface area contributed by atoms with E-state index in [4.69, 9.17) is 11.6 Å². The lowest BCUT2D eigenvalue weighted by molar-refractivity contribution is -0.141. The number of alkyl halides is 3. The van der Waals surface area contributed by atoms with Gasteiger partial charge in [0.1, 0.15) is 11.5 Å². The van der Waals surface area contributed by atoms with Gasteiger partial charge in [-0.1, -0.05) is 31.9 Å². The van der Waals surface area contributed by atoms with Gasteiger partial charge in [0.05, 0.1) is 27.4 Å². The number of benzene rings is 1. The lowest BCUT2D eigenvalue weighted by atomic mass is 9.74. The number of rotatable bonds is 7. The topological polar surface area (TPSA) is 93.9 Å². The summed E-state index contributed by atoms with van der Waals surface area (Å²) in [5, 5.41) is 5.90. The first-order chi connectivity index (χ1) is 17.8. The van der Waals surface area contributed by atoms with Gasteiger partial charge in [-0.25, -0.2) is 22.5 Å². The zero-order valence-corrected chi connectivity index (χ0v) is 22.0. The van der Waals surface area contributed by atoms with Crippen molar-refractivity contribution >= 4 is 27.3 Å². The Kier molecular flexibility index (Phi) is 7.59. The number of hydrogen-bond donors (Lipinski definition) is 1. The zero-order chi connectivity index (χ0) is 27.9. The fraction of sp³-hybridized carbons (Fsp3) is 0.400. The van der Waals surface area contributed by atoms with Crippen LogP contribution < -0.4 is 5.32 Å². The van der Waals surface area contributed by atoms with Crippen molar-refractivity contribution in [1.82, 2.24) is 20.1 Å². The van der Waals surface area contributed by atoms with Crippen LogP contribution in [0.15, 0.2) is 53.7 Å². The largest absolute Gasteiger partial charge is 0.433 e. The van der Waals surface area contributed by atoms with Gasteiger partial charge in [-0.2, -0.15) is 18.3 Å². The molecule has 0 bridgehead atoms. The van der Waals surface area contributed by atoms with E-state index in [1.54, 1.807) is 13.8 Å². The van der Waals surface area contributed by atoms with E-state index in [2.05, 4.69) is 15.4 Å². The number of nitrogens with one attached hydrogen (secondary N) is 1. The number of nitrogens with zero attached hydrogens (tertiary/aromatic N) is 3. The predicted octanol–water partition coefficient (Wildman–Crippen LogP) is 5.36. The maximum Gasteiger partial charge on any atom is 0.433 e. The van der Waals surface area contributed by atoms with Gasteiger partial charge in [0.2, 0.25) is 5.91 Å². The SMILES string of the molecule is CC(C)C1(C(=O)NCc2cn(-c3ccc(C(F)(F)F)nc3)nc2Cl)CCCC1S(=O)(=O)c1ccc(F)cc1. The van der Waals surface area contributed by atoms with E-state index in [1.807, 2.05) is 0 Å². The average molecular weight is 573 g/mol. The second-order valence-corrected chi connectivity index (χ2v) is 12.0. The number of hydrogen-bond acceptors (Lipinski definition) is 5. The highest BCUT2D eigenvalue weighted by atomic mass is 35.5. The second-order valence-electron chi connectivity index (χ2n) is 9.55. The summed E-state index contributed by atoms with van der Waals surface area (Å²) in [6.45, 7) is 3.50. The number of carbonyl (C=O) groups excluding carboxylic acids is 1. The molecule has 1 saturated carbocycles. The molecule has 2 aromatic heterocycles. The molecule has 0 aliphatic heterocycles. The van der Waals surface area contributed by atoms with Crippen molar-refractivity contribution in [2.45, 2.75) is 56.0 Å². The summed E-state index contributed by atoms with van der Waals surface area (Å²) < 4.78 is 80.1. The predicted molar refractivity (Wildman–Crippen MR) is 132 cm³/mol. The minimum atomic E-state index is -4.58. The molecular weight excluding hydrogens is 548 g/mol. The maximum atomic E-state index is 13.6. The highest BCUT2D eigenvalue weighted by molar-refractivity contribution is 7.92. The molecule has 1 aromatic carbocycles. The molecule has 204 valence electrons. The van der Waals surface area contributed by atoms with Crippen LogP contribution >= 0.6 is 11.6 Å². The Morgan fingerprint density at radius 3 is 2.47 bits per heavy atom. The van der Waals surface area contributed by atoms with Gasteiger partial charge in [-0.15, -0.1) is 0 Å². The van der Waals surface area contributed by atoms with Crippen molar-refractivity contribution in [3.63, 3.8) is 0 Å². The van der Waals surface area contributed by atoms with Crippen molar-refractivity contribution in [1.29, 1.82) is 0 Å². The normalized spacial score (nSPS) is 20.2. The molecule has 0 spiro atoms. The summed E-state index contributed by atoms with van der Waals surface area (Å²) >= 11 is 6.22. The van der Waals surface area contributed by atoms with Crippen molar-refractivity contribution in [3.8, 4) is 5.69 Å². The fourth-order valence-corrected chi connectivity index (χ4v) is 7.64. The van der Waals surface area contributed by atoms with Crippen LogP contribution in [-0.2, 0) is 27.4 Å². The fourth-order valence-electron chi connectivity index (χ4n) is 5.07. The standard InChI is InChI=1S/C25H25ClF4N4O3S/c1-15(2)24(11-3-4-21(24)38(36,37)19-8-5-17(27)6-9-19)23(35)32-12-16-14-34(33-22(16)26)18-7-10-20(31-13-18)25(28,29)30/h5-10,13-15,21H,3-4,11-12H2,1-2H3,(H,32,35). The van der Waals surface area contributed by atoms with Gasteiger partial charge in [0, 0.05) is 18.3 Å². The Hall–Kier alpha value is -2.99. The van der Waals surface area contributed by atoms with Gasteiger partial charge < -0.3 is 5.32 Å². The molecule has 4 rings (SSSR count). The minimum absolute atomic E-state index is 0.0192. The van der Waals surface area contributed by atoms with Crippen LogP contribution in [0, 0.1) is 17.2 Å². The first kappa shape index (κ1) is 28.0. The van der Waals surface area contributed by atoms with Gasteiger partial charge in [-0.3, -0.25) is 4.79 Å². The number of sulfone groups is 1. The van der Waals surface area contributed by atoms with E-state index < -0.39 is 44.1 Å². The maximum absolute atomic E-state index is 13.6. The van der Waals surface area contributed by atoms with Crippen molar-refractivity contribution in [3.05, 3.63) is 71.0 Å². The molecule has 3 aromatic rings. The van der Waals surface area contributed by atoms with Gasteiger partial charge >= 0.3 is 6.18 Å². The number of aromatic nitrogens is 3. The molecule has 7 nitrogen and oxygen atoms in total. The Balaban J connectivity index is 1.56. The summed E-state index contributed by atoms with van der Waals surface area (Å²) in [5.74, 6) is -1.35. The molecular formula is C25H25ClF4N4O3S. The molecule has 1 aliphatic carbocycles. The summed E-state index contributed by atoms with van der Waals surface area (Å²) in [6.07, 6.45) is -0.959. The second kappa shape index (κ2) is 10.3. The van der Waals surface area contributed by atoms with Crippen LogP contribution in [0.3, 0.4) is 0 Å². The van der Waals surface area contributed by atoms with Crippen LogP contribution in [0.4, 0.5) is 17.6 Å². The molecule has 1 aliphatic rings. The lowest BCUT2D eigenvalue weighted by Crippen LogP contribution is -2.51. The molecule has 0 radical (unpaired) electrons. The molecule has 13 heteroatoms. The van der Waals surface area contributed by atoms with Crippen molar-refractivity contribution in [2.75, 3.05) is 0 Å². The van der Waals surface area contributed by atoms with Gasteiger partial charge in [0.25, 0.3) is 0 Å². The third-order valence-electron chi connectivity index (χ3n) is 7.08. The first-order valence-corrected chi connectivity index (χ1v) is 13.7. The molecule has 0 saturated heterocycles. The van der Waals surface area contributed by atoms with E-state index in [9.17, 15) is 30.8 Å². The van der Waals surface area contributed by atoms with Gasteiger partial charge in [-0.05, 0) is 55.2 Å². The molecule has 1 amide bonds. The van der Waals surface area contributed by atoms with Crippen LogP contribution in [-0.4, -0.2) is 34.3 Å². The van der Waals surface area contributed by atoms with Crippen LogP contribution in [0.1, 0.15) is 44.4 Å². The van der Waals surface area contributed by atoms with E-state index >= 15 is 0 Å². The summed E-state index contributed by atoms with van der Waals surface area (Å²) in [4.78, 5) is 17.0. The summed E-state index contributed by atoms with van der Waals surface area (Å²) in [5.41, 5.74) is -1.66. The smallest absolute Gasteiger partial charge is 0.351 e. The highest BCUT2D eigenvalue weighted by Gasteiger charge is 2.56. The van der Waals surface area contributed by atoms with E-state index in [0.29, 0.717) is 18.4 Å². The first-order valence-electron chi connectivity index (χ1n) is 11.8. The lowest BCUT2D eigenvalue weighted by Gasteiger charge is -2.37. The average Bonchev–Trinajstić information content (AvgIpc) is 3.48. The third-order valence-corrected chi connectivity index (χ3v) is 9.73. The Morgan fingerprint density at radius 2 is 1.89 bits per heavy atom. The van der Waals surface area contributed by atoms with E-state index in [0.717, 1.165) is 24.4 Å². The third kappa shape index (κ3) is 5.15. The van der Waals surface area contributed by atoms with Gasteiger partial charge in [0.15, 0.2) is 15.0 Å². The highest BCUT2D eigenvalue weighted by Crippen LogP contribution is 2.49. The zero-order valence-electron chi connectivity index (χ0n) is 20.5. The summed E-state index contributed by atoms with van der Waals surface area (Å²) in [6, 6.07) is 6.57. The van der Waals surface area contributed by atoms with Crippen LogP contribution in [0.5, 0.6) is 0 Å². The number of amides is 1. The molecule has 2 heterocycles. The Labute approximate surface area is 222 Å². The number of halogens is 5. The monoisotopic (exact) mass is 572 g/mol. The molecule has 2 unspecified atom stereocenters. The number of carbonyl (C=O) groups is 1.